The first-order chi connectivity index (χ1) is 8.06. The summed E-state index contributed by atoms with van der Waals surface area (Å²) in [6.45, 7) is 1.77. The minimum absolute atomic E-state index is 0.296. The number of carbonyl (C=O) groups is 1. The van der Waals surface area contributed by atoms with Crippen LogP contribution in [0, 0.1) is 6.92 Å². The number of benzene rings is 1. The molecule has 1 amide bonds. The summed E-state index contributed by atoms with van der Waals surface area (Å²) >= 11 is 9.16. The predicted octanol–water partition coefficient (Wildman–Crippen LogP) is 3.65. The SMILES string of the molecule is Cc1cc(NC(=O)c2ccc(Br)c(Cl)c2)on1. The van der Waals surface area contributed by atoms with Crippen molar-refractivity contribution in [2.75, 3.05) is 5.32 Å². The third kappa shape index (κ3) is 2.87. The van der Waals surface area contributed by atoms with Crippen LogP contribution in [0.4, 0.5) is 5.88 Å². The molecule has 0 atom stereocenters. The normalized spacial score (nSPS) is 10.3. The van der Waals surface area contributed by atoms with Crippen LogP contribution in [0.15, 0.2) is 33.3 Å². The molecule has 6 heteroatoms. The molecule has 0 fully saturated rings. The van der Waals surface area contributed by atoms with Gasteiger partial charge in [0.1, 0.15) is 0 Å². The van der Waals surface area contributed by atoms with E-state index in [9.17, 15) is 4.79 Å². The van der Waals surface area contributed by atoms with Gasteiger partial charge in [-0.25, -0.2) is 0 Å². The summed E-state index contributed by atoms with van der Waals surface area (Å²) in [4.78, 5) is 11.8. The number of aromatic nitrogens is 1. The topological polar surface area (TPSA) is 55.1 Å². The van der Waals surface area contributed by atoms with Gasteiger partial charge in [0.25, 0.3) is 5.91 Å². The Morgan fingerprint density at radius 3 is 2.82 bits per heavy atom. The van der Waals surface area contributed by atoms with E-state index < -0.39 is 0 Å². The van der Waals surface area contributed by atoms with E-state index in [4.69, 9.17) is 16.1 Å². The zero-order valence-electron chi connectivity index (χ0n) is 8.83. The number of nitrogens with one attached hydrogen (secondary N) is 1. The van der Waals surface area contributed by atoms with Crippen LogP contribution in [0.5, 0.6) is 0 Å². The van der Waals surface area contributed by atoms with Crippen molar-refractivity contribution in [3.8, 4) is 0 Å². The van der Waals surface area contributed by atoms with Gasteiger partial charge in [-0.2, -0.15) is 0 Å². The molecule has 0 bridgehead atoms. The number of nitrogens with zero attached hydrogens (tertiary/aromatic N) is 1. The number of aryl methyl sites for hydroxylation is 1. The highest BCUT2D eigenvalue weighted by Crippen LogP contribution is 2.23. The Kier molecular flexibility index (Phi) is 3.49. The van der Waals surface area contributed by atoms with E-state index in [0.29, 0.717) is 22.2 Å². The monoisotopic (exact) mass is 314 g/mol. The second-order valence-electron chi connectivity index (χ2n) is 3.42. The van der Waals surface area contributed by atoms with Gasteiger partial charge >= 0.3 is 0 Å². The van der Waals surface area contributed by atoms with Crippen molar-refractivity contribution >= 4 is 39.3 Å². The van der Waals surface area contributed by atoms with E-state index in [-0.39, 0.29) is 5.91 Å². The highest BCUT2D eigenvalue weighted by atomic mass is 79.9. The molecule has 2 rings (SSSR count). The first kappa shape index (κ1) is 12.1. The van der Waals surface area contributed by atoms with E-state index in [1.54, 1.807) is 31.2 Å². The molecule has 0 unspecified atom stereocenters. The fraction of sp³-hybridized carbons (Fsp3) is 0.0909. The van der Waals surface area contributed by atoms with Crippen molar-refractivity contribution in [3.63, 3.8) is 0 Å². The summed E-state index contributed by atoms with van der Waals surface area (Å²) in [6, 6.07) is 6.58. The summed E-state index contributed by atoms with van der Waals surface area (Å²) in [7, 11) is 0. The van der Waals surface area contributed by atoms with Crippen LogP contribution in [-0.2, 0) is 0 Å². The molecule has 0 spiro atoms. The molecule has 1 N–H and O–H groups in total. The van der Waals surface area contributed by atoms with Crippen LogP contribution in [0.1, 0.15) is 16.1 Å². The van der Waals surface area contributed by atoms with E-state index >= 15 is 0 Å². The number of amides is 1. The van der Waals surface area contributed by atoms with Gasteiger partial charge in [-0.15, -0.1) is 0 Å². The largest absolute Gasteiger partial charge is 0.338 e. The van der Waals surface area contributed by atoms with E-state index in [0.717, 1.165) is 4.47 Å². The number of carbonyl (C=O) groups excluding carboxylic acids is 1. The summed E-state index contributed by atoms with van der Waals surface area (Å²) in [6.07, 6.45) is 0. The fourth-order valence-electron chi connectivity index (χ4n) is 1.24. The Labute approximate surface area is 111 Å². The van der Waals surface area contributed by atoms with Crippen LogP contribution < -0.4 is 5.32 Å². The average molecular weight is 316 g/mol. The Morgan fingerprint density at radius 1 is 1.47 bits per heavy atom. The first-order valence-corrected chi connectivity index (χ1v) is 5.93. The van der Waals surface area contributed by atoms with Crippen molar-refractivity contribution in [2.24, 2.45) is 0 Å². The van der Waals surface area contributed by atoms with E-state index in [1.165, 1.54) is 0 Å². The molecule has 0 aliphatic carbocycles. The lowest BCUT2D eigenvalue weighted by Crippen LogP contribution is -2.11. The molecule has 0 saturated heterocycles. The molecule has 0 saturated carbocycles. The van der Waals surface area contributed by atoms with Crippen LogP contribution in [0.3, 0.4) is 0 Å². The Hall–Kier alpha value is -1.33. The van der Waals surface area contributed by atoms with Crippen LogP contribution in [0.25, 0.3) is 0 Å². The summed E-state index contributed by atoms with van der Waals surface area (Å²) in [5, 5.41) is 6.73. The fourth-order valence-corrected chi connectivity index (χ4v) is 1.67. The highest BCUT2D eigenvalue weighted by Gasteiger charge is 2.10. The lowest BCUT2D eigenvalue weighted by atomic mass is 10.2. The maximum Gasteiger partial charge on any atom is 0.258 e. The smallest absolute Gasteiger partial charge is 0.258 e. The van der Waals surface area contributed by atoms with Gasteiger partial charge in [0.15, 0.2) is 0 Å². The molecular weight excluding hydrogens is 307 g/mol. The predicted molar refractivity (Wildman–Crippen MR) is 68.3 cm³/mol. The maximum atomic E-state index is 11.8. The summed E-state index contributed by atoms with van der Waals surface area (Å²) in [5.41, 5.74) is 1.15. The summed E-state index contributed by atoms with van der Waals surface area (Å²) < 4.78 is 5.63. The van der Waals surface area contributed by atoms with Gasteiger partial charge in [0.2, 0.25) is 5.88 Å². The molecule has 4 nitrogen and oxygen atoms in total. The van der Waals surface area contributed by atoms with Crippen molar-refractivity contribution in [2.45, 2.75) is 6.92 Å². The molecule has 17 heavy (non-hydrogen) atoms. The van der Waals surface area contributed by atoms with Crippen molar-refractivity contribution in [1.29, 1.82) is 0 Å². The Bertz CT molecular complexity index is 568. The van der Waals surface area contributed by atoms with Gasteiger partial charge in [-0.1, -0.05) is 16.8 Å². The van der Waals surface area contributed by atoms with Gasteiger partial charge in [-0.3, -0.25) is 10.1 Å². The second-order valence-corrected chi connectivity index (χ2v) is 4.68. The Morgan fingerprint density at radius 2 is 2.24 bits per heavy atom. The second kappa shape index (κ2) is 4.89. The zero-order valence-corrected chi connectivity index (χ0v) is 11.2. The number of hydrogen-bond donors (Lipinski definition) is 1. The third-order valence-corrected chi connectivity index (χ3v) is 3.28. The molecule has 0 aliphatic rings. The zero-order chi connectivity index (χ0) is 12.4. The number of rotatable bonds is 2. The molecule has 0 radical (unpaired) electrons. The molecule has 1 aromatic heterocycles. The lowest BCUT2D eigenvalue weighted by Gasteiger charge is -2.02. The van der Waals surface area contributed by atoms with Crippen molar-refractivity contribution in [3.05, 3.63) is 45.0 Å². The van der Waals surface area contributed by atoms with Gasteiger partial charge in [0, 0.05) is 16.1 Å². The van der Waals surface area contributed by atoms with E-state index in [1.807, 2.05) is 0 Å². The number of halogens is 2. The van der Waals surface area contributed by atoms with Crippen LogP contribution >= 0.6 is 27.5 Å². The maximum absolute atomic E-state index is 11.8. The molecule has 1 heterocycles. The Balaban J connectivity index is 2.17. The van der Waals surface area contributed by atoms with E-state index in [2.05, 4.69) is 26.4 Å². The highest BCUT2D eigenvalue weighted by molar-refractivity contribution is 9.10. The van der Waals surface area contributed by atoms with Crippen molar-refractivity contribution < 1.29 is 9.32 Å². The summed E-state index contributed by atoms with van der Waals surface area (Å²) in [5.74, 6) is 0.0158. The molecular formula is C11H8BrClN2O2. The standard InChI is InChI=1S/C11H8BrClN2O2/c1-6-4-10(17-15-6)14-11(16)7-2-3-8(12)9(13)5-7/h2-5H,1H3,(H,14,16). The average Bonchev–Trinajstić information content (AvgIpc) is 2.68. The van der Waals surface area contributed by atoms with Gasteiger partial charge < -0.3 is 4.52 Å². The van der Waals surface area contributed by atoms with Crippen molar-refractivity contribution in [1.82, 2.24) is 5.16 Å². The molecule has 88 valence electrons. The van der Waals surface area contributed by atoms with Crippen LogP contribution in [0.2, 0.25) is 5.02 Å². The van der Waals surface area contributed by atoms with Gasteiger partial charge in [-0.05, 0) is 41.1 Å². The molecule has 0 aliphatic heterocycles. The first-order valence-electron chi connectivity index (χ1n) is 4.76. The molecule has 2 aromatic rings. The number of hydrogen-bond acceptors (Lipinski definition) is 3. The molecule has 1 aromatic carbocycles. The minimum Gasteiger partial charge on any atom is -0.338 e. The minimum atomic E-state index is -0.296. The number of anilines is 1. The van der Waals surface area contributed by atoms with Crippen LogP contribution in [-0.4, -0.2) is 11.1 Å². The third-order valence-electron chi connectivity index (χ3n) is 2.05. The van der Waals surface area contributed by atoms with Gasteiger partial charge in [0.05, 0.1) is 10.7 Å². The quantitative estimate of drug-likeness (QED) is 0.920. The lowest BCUT2D eigenvalue weighted by molar-refractivity contribution is 0.102.